The van der Waals surface area contributed by atoms with Gasteiger partial charge in [-0.05, 0) is 25.2 Å². The van der Waals surface area contributed by atoms with Crippen molar-refractivity contribution in [2.45, 2.75) is 26.9 Å². The Morgan fingerprint density at radius 2 is 1.87 bits per heavy atom. The molecule has 0 radical (unpaired) electrons. The van der Waals surface area contributed by atoms with E-state index < -0.39 is 5.91 Å². The van der Waals surface area contributed by atoms with Gasteiger partial charge in [0.15, 0.2) is 5.69 Å². The van der Waals surface area contributed by atoms with Crippen LogP contribution in [0.3, 0.4) is 0 Å². The predicted octanol–water partition coefficient (Wildman–Crippen LogP) is 1.31. The predicted molar refractivity (Wildman–Crippen MR) is 114 cm³/mol. The van der Waals surface area contributed by atoms with Crippen molar-refractivity contribution >= 4 is 28.8 Å². The second kappa shape index (κ2) is 9.49. The summed E-state index contributed by atoms with van der Waals surface area (Å²) in [7, 11) is 3.32. The minimum atomic E-state index is -0.419. The van der Waals surface area contributed by atoms with Crippen molar-refractivity contribution in [2.24, 2.45) is 0 Å². The standard InChI is InChI=1S/C20H28N8O2/c1-5-26(6-2)11-12-28-17-10-8-7-9-15(17)21-20(28)22-19(30)16-13-27(24-23-16)14-18(29)25(3)4/h7-10,13H,5-6,11-12,14H2,1-4H3,(H,21,22,30). The van der Waals surface area contributed by atoms with Gasteiger partial charge in [-0.15, -0.1) is 5.10 Å². The van der Waals surface area contributed by atoms with Gasteiger partial charge in [0.05, 0.1) is 17.2 Å². The maximum atomic E-state index is 12.7. The lowest BCUT2D eigenvalue weighted by molar-refractivity contribution is -0.129. The van der Waals surface area contributed by atoms with Gasteiger partial charge < -0.3 is 14.4 Å². The van der Waals surface area contributed by atoms with E-state index in [-0.39, 0.29) is 18.1 Å². The number of fused-ring (bicyclic) bond motifs is 1. The number of imidazole rings is 1. The Hall–Kier alpha value is -3.27. The fraction of sp³-hybridized carbons (Fsp3) is 0.450. The quantitative estimate of drug-likeness (QED) is 0.569. The minimum Gasteiger partial charge on any atom is -0.347 e. The van der Waals surface area contributed by atoms with Crippen LogP contribution in [0.25, 0.3) is 11.0 Å². The van der Waals surface area contributed by atoms with E-state index in [4.69, 9.17) is 0 Å². The number of aromatic nitrogens is 5. The summed E-state index contributed by atoms with van der Waals surface area (Å²) in [5, 5.41) is 10.6. The molecule has 0 spiro atoms. The first-order valence-electron chi connectivity index (χ1n) is 10.0. The second-order valence-corrected chi connectivity index (χ2v) is 7.15. The fourth-order valence-corrected chi connectivity index (χ4v) is 3.10. The molecule has 0 aliphatic rings. The molecule has 1 N–H and O–H groups in total. The molecule has 0 fully saturated rings. The first-order chi connectivity index (χ1) is 14.4. The van der Waals surface area contributed by atoms with Crippen LogP contribution in [0.15, 0.2) is 30.5 Å². The molecule has 0 unspecified atom stereocenters. The maximum Gasteiger partial charge on any atom is 0.280 e. The van der Waals surface area contributed by atoms with Gasteiger partial charge in [-0.25, -0.2) is 9.67 Å². The van der Waals surface area contributed by atoms with E-state index in [1.807, 2.05) is 28.8 Å². The van der Waals surface area contributed by atoms with Crippen molar-refractivity contribution in [3.63, 3.8) is 0 Å². The van der Waals surface area contributed by atoms with Crippen molar-refractivity contribution < 1.29 is 9.59 Å². The summed E-state index contributed by atoms with van der Waals surface area (Å²) in [4.78, 5) is 32.9. The molecule has 2 amide bonds. The number of benzene rings is 1. The molecule has 0 bridgehead atoms. The molecule has 0 aliphatic carbocycles. The molecule has 160 valence electrons. The Balaban J connectivity index is 1.79. The molecule has 0 atom stereocenters. The molecule has 3 aromatic rings. The molecule has 0 saturated heterocycles. The second-order valence-electron chi connectivity index (χ2n) is 7.15. The smallest absolute Gasteiger partial charge is 0.280 e. The van der Waals surface area contributed by atoms with Crippen LogP contribution in [0.1, 0.15) is 24.3 Å². The van der Waals surface area contributed by atoms with Gasteiger partial charge in [-0.3, -0.25) is 14.9 Å². The molecule has 10 heteroatoms. The van der Waals surface area contributed by atoms with Crippen molar-refractivity contribution in [1.82, 2.24) is 34.3 Å². The van der Waals surface area contributed by atoms with Crippen molar-refractivity contribution in [1.29, 1.82) is 0 Å². The lowest BCUT2D eigenvalue weighted by Crippen LogP contribution is -2.27. The largest absolute Gasteiger partial charge is 0.347 e. The monoisotopic (exact) mass is 412 g/mol. The SMILES string of the molecule is CCN(CC)CCn1c(NC(=O)c2cn(CC(=O)N(C)C)nn2)nc2ccccc21. The molecule has 1 aromatic carbocycles. The Labute approximate surface area is 175 Å². The Kier molecular flexibility index (Phi) is 6.78. The molecule has 3 rings (SSSR count). The van der Waals surface area contributed by atoms with Crippen LogP contribution < -0.4 is 5.32 Å². The molecule has 10 nitrogen and oxygen atoms in total. The molecule has 30 heavy (non-hydrogen) atoms. The summed E-state index contributed by atoms with van der Waals surface area (Å²) in [6.45, 7) is 7.74. The van der Waals surface area contributed by atoms with Gasteiger partial charge in [0.25, 0.3) is 5.91 Å². The maximum absolute atomic E-state index is 12.7. The highest BCUT2D eigenvalue weighted by molar-refractivity contribution is 6.02. The summed E-state index contributed by atoms with van der Waals surface area (Å²) in [5.41, 5.74) is 1.90. The Bertz CT molecular complexity index is 1020. The zero-order valence-electron chi connectivity index (χ0n) is 17.9. The van der Waals surface area contributed by atoms with E-state index >= 15 is 0 Å². The van der Waals surface area contributed by atoms with Crippen LogP contribution >= 0.6 is 0 Å². The molecule has 0 aliphatic heterocycles. The van der Waals surface area contributed by atoms with Gasteiger partial charge in [0.2, 0.25) is 11.9 Å². The third kappa shape index (κ3) is 4.82. The zero-order valence-corrected chi connectivity index (χ0v) is 17.9. The summed E-state index contributed by atoms with van der Waals surface area (Å²) < 4.78 is 3.35. The van der Waals surface area contributed by atoms with Crippen LogP contribution in [-0.2, 0) is 17.9 Å². The highest BCUT2D eigenvalue weighted by atomic mass is 16.2. The highest BCUT2D eigenvalue weighted by Crippen LogP contribution is 2.20. The average molecular weight is 412 g/mol. The van der Waals surface area contributed by atoms with Crippen LogP contribution in [0.2, 0.25) is 0 Å². The van der Waals surface area contributed by atoms with Crippen LogP contribution in [0, 0.1) is 0 Å². The highest BCUT2D eigenvalue weighted by Gasteiger charge is 2.18. The summed E-state index contributed by atoms with van der Waals surface area (Å²) >= 11 is 0. The number of nitrogens with one attached hydrogen (secondary N) is 1. The zero-order chi connectivity index (χ0) is 21.7. The third-order valence-electron chi connectivity index (χ3n) is 4.98. The number of likely N-dealkylation sites (N-methyl/N-ethyl adjacent to an activating group) is 2. The van der Waals surface area contributed by atoms with E-state index in [9.17, 15) is 9.59 Å². The van der Waals surface area contributed by atoms with Crippen molar-refractivity contribution in [2.75, 3.05) is 39.0 Å². The van der Waals surface area contributed by atoms with E-state index in [0.29, 0.717) is 12.5 Å². The molecular formula is C20H28N8O2. The number of nitrogens with zero attached hydrogens (tertiary/aromatic N) is 7. The molecule has 2 heterocycles. The first-order valence-corrected chi connectivity index (χ1v) is 10.0. The normalized spacial score (nSPS) is 11.2. The Morgan fingerprint density at radius 3 is 2.57 bits per heavy atom. The van der Waals surface area contributed by atoms with Crippen LogP contribution in [-0.4, -0.2) is 79.9 Å². The van der Waals surface area contributed by atoms with E-state index in [2.05, 4.69) is 39.4 Å². The lowest BCUT2D eigenvalue weighted by atomic mass is 10.3. The van der Waals surface area contributed by atoms with Gasteiger partial charge in [-0.2, -0.15) is 0 Å². The Morgan fingerprint density at radius 1 is 1.13 bits per heavy atom. The van der Waals surface area contributed by atoms with E-state index in [1.54, 1.807) is 14.1 Å². The average Bonchev–Trinajstić information content (AvgIpc) is 3.33. The van der Waals surface area contributed by atoms with Gasteiger partial charge in [0, 0.05) is 27.2 Å². The molecular weight excluding hydrogens is 384 g/mol. The number of para-hydroxylation sites is 2. The van der Waals surface area contributed by atoms with Crippen molar-refractivity contribution in [3.8, 4) is 0 Å². The number of hydrogen-bond acceptors (Lipinski definition) is 6. The number of hydrogen-bond donors (Lipinski definition) is 1. The fourth-order valence-electron chi connectivity index (χ4n) is 3.10. The van der Waals surface area contributed by atoms with Crippen LogP contribution in [0.4, 0.5) is 5.95 Å². The van der Waals surface area contributed by atoms with Gasteiger partial charge in [-0.1, -0.05) is 31.2 Å². The number of carbonyl (C=O) groups excluding carboxylic acids is 2. The first kappa shape index (κ1) is 21.4. The number of anilines is 1. The topological polar surface area (TPSA) is 101 Å². The lowest BCUT2D eigenvalue weighted by Gasteiger charge is -2.19. The number of rotatable bonds is 9. The van der Waals surface area contributed by atoms with E-state index in [0.717, 1.165) is 30.7 Å². The minimum absolute atomic E-state index is 0.0235. The summed E-state index contributed by atoms with van der Waals surface area (Å²) in [6.07, 6.45) is 1.46. The van der Waals surface area contributed by atoms with Gasteiger partial charge in [0.1, 0.15) is 6.54 Å². The summed E-state index contributed by atoms with van der Waals surface area (Å²) in [6, 6.07) is 7.78. The van der Waals surface area contributed by atoms with E-state index in [1.165, 1.54) is 15.8 Å². The van der Waals surface area contributed by atoms with Crippen LogP contribution in [0.5, 0.6) is 0 Å². The number of carbonyl (C=O) groups is 2. The third-order valence-corrected chi connectivity index (χ3v) is 4.98. The van der Waals surface area contributed by atoms with Gasteiger partial charge >= 0.3 is 0 Å². The number of amides is 2. The van der Waals surface area contributed by atoms with Crippen molar-refractivity contribution in [3.05, 3.63) is 36.2 Å². The molecule has 0 saturated carbocycles. The summed E-state index contributed by atoms with van der Waals surface area (Å²) in [5.74, 6) is -0.0877. The molecule has 2 aromatic heterocycles.